The van der Waals surface area contributed by atoms with E-state index in [1.807, 2.05) is 0 Å². The van der Waals surface area contributed by atoms with Gasteiger partial charge in [0, 0.05) is 12.2 Å². The summed E-state index contributed by atoms with van der Waals surface area (Å²) in [5, 5.41) is 3.30. The van der Waals surface area contributed by atoms with Crippen LogP contribution in [-0.2, 0) is 0 Å². The van der Waals surface area contributed by atoms with Crippen molar-refractivity contribution < 1.29 is 0 Å². The van der Waals surface area contributed by atoms with Gasteiger partial charge < -0.3 is 5.32 Å². The average Bonchev–Trinajstić information content (AvgIpc) is 2.42. The molecule has 126 valence electrons. The van der Waals surface area contributed by atoms with Gasteiger partial charge in [0.1, 0.15) is 0 Å². The fourth-order valence-electron chi connectivity index (χ4n) is 2.64. The molecule has 0 saturated heterocycles. The first-order valence-electron chi connectivity index (χ1n) is 8.61. The molecule has 0 atom stereocenters. The van der Waals surface area contributed by atoms with E-state index in [2.05, 4.69) is 73.0 Å². The fourth-order valence-corrected chi connectivity index (χ4v) is 2.64. The van der Waals surface area contributed by atoms with E-state index in [4.69, 9.17) is 0 Å². The van der Waals surface area contributed by atoms with Crippen molar-refractivity contribution in [2.75, 3.05) is 6.54 Å². The Morgan fingerprint density at radius 1 is 1.05 bits per heavy atom. The molecule has 0 aliphatic rings. The molecule has 0 heterocycles. The van der Waals surface area contributed by atoms with Gasteiger partial charge in [0.2, 0.25) is 0 Å². The third-order valence-corrected chi connectivity index (χ3v) is 4.37. The minimum absolute atomic E-state index is 0.406. The van der Waals surface area contributed by atoms with Gasteiger partial charge in [0.05, 0.1) is 0 Å². The van der Waals surface area contributed by atoms with Crippen molar-refractivity contribution in [3.63, 3.8) is 0 Å². The summed E-state index contributed by atoms with van der Waals surface area (Å²) < 4.78 is 0. The number of nitrogens with one attached hydrogen (secondary N) is 1. The Bertz CT molecular complexity index is 447. The molecule has 0 amide bonds. The topological polar surface area (TPSA) is 12.0 Å². The lowest BCUT2D eigenvalue weighted by molar-refractivity contribution is 0.305. The predicted octanol–water partition coefficient (Wildman–Crippen LogP) is 6.56. The largest absolute Gasteiger partial charge is 0.386 e. The van der Waals surface area contributed by atoms with Crippen LogP contribution < -0.4 is 5.32 Å². The fraction of sp³-hybridized carbons (Fsp3) is 0.619. The lowest BCUT2D eigenvalue weighted by atomic mass is 9.81. The Balaban J connectivity index is 5.13. The van der Waals surface area contributed by atoms with Crippen molar-refractivity contribution in [3.05, 3.63) is 47.2 Å². The van der Waals surface area contributed by atoms with Crippen molar-refractivity contribution in [1.82, 2.24) is 5.32 Å². The third kappa shape index (κ3) is 7.68. The van der Waals surface area contributed by atoms with Gasteiger partial charge in [-0.1, -0.05) is 52.0 Å². The van der Waals surface area contributed by atoms with Crippen LogP contribution in [0, 0.1) is 5.41 Å². The summed E-state index contributed by atoms with van der Waals surface area (Å²) in [7, 11) is 0. The van der Waals surface area contributed by atoms with Crippen LogP contribution in [0.4, 0.5) is 0 Å². The zero-order chi connectivity index (χ0) is 17.3. The SMILES string of the molecule is C=C(C)/C(=C\C(C)=C(/C)C(=C)NCC)CCC(C)(C)CCC. The van der Waals surface area contributed by atoms with Crippen LogP contribution in [0.5, 0.6) is 0 Å². The van der Waals surface area contributed by atoms with Gasteiger partial charge in [-0.15, -0.1) is 0 Å². The Morgan fingerprint density at radius 3 is 2.09 bits per heavy atom. The minimum Gasteiger partial charge on any atom is -0.386 e. The van der Waals surface area contributed by atoms with Gasteiger partial charge in [0.15, 0.2) is 0 Å². The maximum Gasteiger partial charge on any atom is 0.0299 e. The van der Waals surface area contributed by atoms with Crippen LogP contribution in [-0.4, -0.2) is 6.54 Å². The molecule has 0 radical (unpaired) electrons. The maximum absolute atomic E-state index is 4.17. The van der Waals surface area contributed by atoms with E-state index >= 15 is 0 Å². The second kappa shape index (κ2) is 9.71. The highest BCUT2D eigenvalue weighted by Crippen LogP contribution is 2.31. The monoisotopic (exact) mass is 303 g/mol. The van der Waals surface area contributed by atoms with E-state index in [0.717, 1.165) is 18.7 Å². The molecule has 0 aliphatic heterocycles. The molecule has 0 fully saturated rings. The maximum atomic E-state index is 4.17. The number of hydrogen-bond acceptors (Lipinski definition) is 1. The summed E-state index contributed by atoms with van der Waals surface area (Å²) in [6, 6.07) is 0. The predicted molar refractivity (Wildman–Crippen MR) is 102 cm³/mol. The third-order valence-electron chi connectivity index (χ3n) is 4.37. The van der Waals surface area contributed by atoms with Crippen LogP contribution in [0.25, 0.3) is 0 Å². The molecule has 0 rings (SSSR count). The highest BCUT2D eigenvalue weighted by Gasteiger charge is 2.17. The Labute approximate surface area is 139 Å². The summed E-state index contributed by atoms with van der Waals surface area (Å²) in [6.07, 6.45) is 7.13. The van der Waals surface area contributed by atoms with Crippen LogP contribution in [0.2, 0.25) is 0 Å². The number of likely N-dealkylation sites (N-methyl/N-ethyl adjacent to an activating group) is 1. The molecule has 1 N–H and O–H groups in total. The molecule has 22 heavy (non-hydrogen) atoms. The molecular formula is C21H37N. The summed E-state index contributed by atoms with van der Waals surface area (Å²) in [5.74, 6) is 0. The lowest BCUT2D eigenvalue weighted by Crippen LogP contribution is -2.12. The van der Waals surface area contributed by atoms with E-state index < -0.39 is 0 Å². The van der Waals surface area contributed by atoms with Gasteiger partial charge in [-0.2, -0.15) is 0 Å². The minimum atomic E-state index is 0.406. The van der Waals surface area contributed by atoms with Crippen molar-refractivity contribution in [3.8, 4) is 0 Å². The molecule has 0 unspecified atom stereocenters. The number of hydrogen-bond donors (Lipinski definition) is 1. The van der Waals surface area contributed by atoms with Gasteiger partial charge in [-0.3, -0.25) is 0 Å². The summed E-state index contributed by atoms with van der Waals surface area (Å²) in [6.45, 7) is 24.7. The second-order valence-electron chi connectivity index (χ2n) is 7.18. The van der Waals surface area contributed by atoms with Crippen LogP contribution >= 0.6 is 0 Å². The molecule has 0 bridgehead atoms. The van der Waals surface area contributed by atoms with Crippen molar-refractivity contribution in [2.45, 2.75) is 74.1 Å². The zero-order valence-corrected chi connectivity index (χ0v) is 16.0. The molecule has 0 aromatic carbocycles. The molecular weight excluding hydrogens is 266 g/mol. The van der Waals surface area contributed by atoms with Crippen LogP contribution in [0.3, 0.4) is 0 Å². The average molecular weight is 304 g/mol. The summed E-state index contributed by atoms with van der Waals surface area (Å²) in [5.41, 5.74) is 6.47. The van der Waals surface area contributed by atoms with E-state index in [-0.39, 0.29) is 0 Å². The zero-order valence-electron chi connectivity index (χ0n) is 16.0. The Morgan fingerprint density at radius 2 is 1.64 bits per heavy atom. The van der Waals surface area contributed by atoms with Gasteiger partial charge in [0.25, 0.3) is 0 Å². The first-order valence-corrected chi connectivity index (χ1v) is 8.61. The number of rotatable bonds is 10. The smallest absolute Gasteiger partial charge is 0.0299 e. The molecule has 0 spiro atoms. The molecule has 0 aromatic rings. The van der Waals surface area contributed by atoms with E-state index in [0.29, 0.717) is 5.41 Å². The quantitative estimate of drug-likeness (QED) is 0.451. The van der Waals surface area contributed by atoms with Crippen LogP contribution in [0.15, 0.2) is 47.2 Å². The van der Waals surface area contributed by atoms with Crippen molar-refractivity contribution in [2.24, 2.45) is 5.41 Å². The Kier molecular flexibility index (Phi) is 9.16. The van der Waals surface area contributed by atoms with Gasteiger partial charge in [-0.05, 0) is 69.1 Å². The molecule has 0 saturated carbocycles. The molecule has 1 nitrogen and oxygen atoms in total. The highest BCUT2D eigenvalue weighted by molar-refractivity contribution is 5.40. The summed E-state index contributed by atoms with van der Waals surface area (Å²) in [4.78, 5) is 0. The van der Waals surface area contributed by atoms with E-state index in [9.17, 15) is 0 Å². The summed E-state index contributed by atoms with van der Waals surface area (Å²) >= 11 is 0. The molecule has 0 aliphatic carbocycles. The van der Waals surface area contributed by atoms with Gasteiger partial charge >= 0.3 is 0 Å². The molecule has 1 heteroatoms. The first-order chi connectivity index (χ1) is 10.1. The Hall–Kier alpha value is -1.24. The first kappa shape index (κ1) is 20.8. The normalized spacial score (nSPS) is 13.7. The van der Waals surface area contributed by atoms with E-state index in [1.54, 1.807) is 0 Å². The standard InChI is InChI=1S/C21H37N/c1-10-13-21(8,9)14-12-20(16(3)4)15-17(5)18(6)19(7)22-11-2/h15,22H,3,7,10-14H2,1-2,4-6,8-9H3/b18-17+,20-15-. The van der Waals surface area contributed by atoms with Gasteiger partial charge in [-0.25, -0.2) is 0 Å². The molecule has 0 aromatic heterocycles. The van der Waals surface area contributed by atoms with Crippen molar-refractivity contribution >= 4 is 0 Å². The second-order valence-corrected chi connectivity index (χ2v) is 7.18. The van der Waals surface area contributed by atoms with E-state index in [1.165, 1.54) is 41.6 Å². The number of allylic oxidation sites excluding steroid dienone is 5. The highest BCUT2D eigenvalue weighted by atomic mass is 14.9. The van der Waals surface area contributed by atoms with Crippen molar-refractivity contribution in [1.29, 1.82) is 0 Å². The lowest BCUT2D eigenvalue weighted by Gasteiger charge is -2.24. The van der Waals surface area contributed by atoms with Crippen LogP contribution in [0.1, 0.15) is 74.1 Å².